The van der Waals surface area contributed by atoms with Gasteiger partial charge in [-0.25, -0.2) is 0 Å². The minimum absolute atomic E-state index is 0.231. The van der Waals surface area contributed by atoms with Crippen LogP contribution in [0.5, 0.6) is 0 Å². The molecule has 1 aromatic rings. The first-order valence-electron chi connectivity index (χ1n) is 7.08. The predicted octanol–water partition coefficient (Wildman–Crippen LogP) is 3.57. The van der Waals surface area contributed by atoms with Crippen LogP contribution in [0.25, 0.3) is 0 Å². The van der Waals surface area contributed by atoms with Gasteiger partial charge in [0.1, 0.15) is 0 Å². The van der Waals surface area contributed by atoms with E-state index in [-0.39, 0.29) is 6.04 Å². The molecule has 1 heterocycles. The zero-order valence-corrected chi connectivity index (χ0v) is 12.8. The van der Waals surface area contributed by atoms with Crippen molar-refractivity contribution < 1.29 is 0 Å². The Bertz CT molecular complexity index is 384. The molecule has 1 aromatic heterocycles. The molecule has 0 spiro atoms. The number of hydrogen-bond donors (Lipinski definition) is 1. The van der Waals surface area contributed by atoms with E-state index in [9.17, 15) is 0 Å². The summed E-state index contributed by atoms with van der Waals surface area (Å²) in [6.07, 6.45) is 3.81. The van der Waals surface area contributed by atoms with Crippen molar-refractivity contribution in [2.45, 2.75) is 58.2 Å². The molecule has 0 aliphatic heterocycles. The first-order valence-corrected chi connectivity index (χ1v) is 7.90. The first kappa shape index (κ1) is 14.0. The van der Waals surface area contributed by atoms with Crippen molar-refractivity contribution >= 4 is 11.3 Å². The Balaban J connectivity index is 2.18. The smallest absolute Gasteiger partial charge is 0.0593 e. The summed E-state index contributed by atoms with van der Waals surface area (Å²) in [5.74, 6) is 0.891. The third-order valence-corrected chi connectivity index (χ3v) is 5.39. The average molecular weight is 266 g/mol. The second-order valence-electron chi connectivity index (χ2n) is 5.71. The van der Waals surface area contributed by atoms with Gasteiger partial charge in [0, 0.05) is 21.8 Å². The molecule has 2 N–H and O–H groups in total. The third kappa shape index (κ3) is 2.95. The van der Waals surface area contributed by atoms with Gasteiger partial charge >= 0.3 is 0 Å². The highest BCUT2D eigenvalue weighted by atomic mass is 32.1. The first-order chi connectivity index (χ1) is 8.54. The van der Waals surface area contributed by atoms with Gasteiger partial charge < -0.3 is 5.73 Å². The summed E-state index contributed by atoms with van der Waals surface area (Å²) in [5.41, 5.74) is 6.38. The minimum atomic E-state index is 0.231. The summed E-state index contributed by atoms with van der Waals surface area (Å²) < 4.78 is 0. The van der Waals surface area contributed by atoms with E-state index in [1.54, 1.807) is 0 Å². The van der Waals surface area contributed by atoms with Crippen molar-refractivity contribution in [2.24, 2.45) is 11.7 Å². The maximum Gasteiger partial charge on any atom is 0.0593 e. The van der Waals surface area contributed by atoms with Crippen LogP contribution >= 0.6 is 11.3 Å². The van der Waals surface area contributed by atoms with Crippen LogP contribution < -0.4 is 5.73 Å². The zero-order chi connectivity index (χ0) is 13.3. The standard InChI is InChI=1S/C15H26N2S/c1-5-13(16)15(14-9-6-10(2)18-14)17(4)11(3)12-7-8-12/h6,9,11-13,15H,5,7-8,16H2,1-4H3. The molecule has 0 amide bonds. The lowest BCUT2D eigenvalue weighted by Crippen LogP contribution is -2.43. The molecule has 0 aromatic carbocycles. The molecule has 3 unspecified atom stereocenters. The van der Waals surface area contributed by atoms with E-state index < -0.39 is 0 Å². The highest BCUT2D eigenvalue weighted by Gasteiger charge is 2.35. The van der Waals surface area contributed by atoms with Crippen LogP contribution in [0.1, 0.15) is 48.9 Å². The molecule has 1 aliphatic rings. The van der Waals surface area contributed by atoms with Crippen LogP contribution in [-0.4, -0.2) is 24.0 Å². The summed E-state index contributed by atoms with van der Waals surface area (Å²) in [7, 11) is 2.25. The highest BCUT2D eigenvalue weighted by Crippen LogP contribution is 2.39. The average Bonchev–Trinajstić information content (AvgIpc) is 3.12. The van der Waals surface area contributed by atoms with Crippen LogP contribution in [0.15, 0.2) is 12.1 Å². The Hall–Kier alpha value is -0.380. The monoisotopic (exact) mass is 266 g/mol. The topological polar surface area (TPSA) is 29.3 Å². The van der Waals surface area contributed by atoms with E-state index in [1.165, 1.54) is 22.6 Å². The van der Waals surface area contributed by atoms with Crippen molar-refractivity contribution in [2.75, 3.05) is 7.05 Å². The molecule has 2 nitrogen and oxygen atoms in total. The lowest BCUT2D eigenvalue weighted by Gasteiger charge is -2.36. The molecule has 3 atom stereocenters. The van der Waals surface area contributed by atoms with Crippen LogP contribution in [-0.2, 0) is 0 Å². The van der Waals surface area contributed by atoms with E-state index in [0.29, 0.717) is 12.1 Å². The van der Waals surface area contributed by atoms with Gasteiger partial charge in [-0.1, -0.05) is 6.92 Å². The summed E-state index contributed by atoms with van der Waals surface area (Å²) in [6.45, 7) is 6.72. The third-order valence-electron chi connectivity index (χ3n) is 4.32. The molecule has 1 aliphatic carbocycles. The quantitative estimate of drug-likeness (QED) is 0.853. The Morgan fingerprint density at radius 2 is 2.11 bits per heavy atom. The number of aryl methyl sites for hydroxylation is 1. The lowest BCUT2D eigenvalue weighted by molar-refractivity contribution is 0.146. The number of hydrogen-bond acceptors (Lipinski definition) is 3. The molecular formula is C15H26N2S. The summed E-state index contributed by atoms with van der Waals surface area (Å²) in [6, 6.07) is 5.73. The molecule has 18 heavy (non-hydrogen) atoms. The number of thiophene rings is 1. The Kier molecular flexibility index (Phi) is 4.46. The predicted molar refractivity (Wildman–Crippen MR) is 80.0 cm³/mol. The van der Waals surface area contributed by atoms with Gasteiger partial charge in [-0.05, 0) is 58.2 Å². The lowest BCUT2D eigenvalue weighted by atomic mass is 10.0. The van der Waals surface area contributed by atoms with Crippen molar-refractivity contribution in [3.63, 3.8) is 0 Å². The number of rotatable bonds is 6. The maximum atomic E-state index is 6.38. The molecule has 2 rings (SSSR count). The fourth-order valence-corrected chi connectivity index (χ4v) is 3.82. The van der Waals surface area contributed by atoms with Crippen molar-refractivity contribution in [3.05, 3.63) is 21.9 Å². The van der Waals surface area contributed by atoms with Crippen molar-refractivity contribution in [1.29, 1.82) is 0 Å². The Labute approximate surface area is 115 Å². The second kappa shape index (κ2) is 5.72. The van der Waals surface area contributed by atoms with Crippen LogP contribution in [0.4, 0.5) is 0 Å². The van der Waals surface area contributed by atoms with Crippen molar-refractivity contribution in [1.82, 2.24) is 4.90 Å². The number of nitrogens with two attached hydrogens (primary N) is 1. The number of likely N-dealkylation sites (N-methyl/N-ethyl adjacent to an activating group) is 1. The molecule has 1 saturated carbocycles. The Morgan fingerprint density at radius 3 is 2.56 bits per heavy atom. The van der Waals surface area contributed by atoms with E-state index in [2.05, 4.69) is 44.9 Å². The van der Waals surface area contributed by atoms with E-state index in [1.807, 2.05) is 11.3 Å². The van der Waals surface area contributed by atoms with Crippen LogP contribution in [0, 0.1) is 12.8 Å². The zero-order valence-electron chi connectivity index (χ0n) is 12.0. The molecule has 102 valence electrons. The molecule has 0 bridgehead atoms. The van der Waals surface area contributed by atoms with Crippen molar-refractivity contribution in [3.8, 4) is 0 Å². The Morgan fingerprint density at radius 1 is 1.44 bits per heavy atom. The molecule has 1 fully saturated rings. The van der Waals surface area contributed by atoms with E-state index in [0.717, 1.165) is 12.3 Å². The normalized spacial score (nSPS) is 21.0. The summed E-state index contributed by atoms with van der Waals surface area (Å²) >= 11 is 1.90. The SMILES string of the molecule is CCC(N)C(c1ccc(C)s1)N(C)C(C)C1CC1. The van der Waals surface area contributed by atoms with Crippen LogP contribution in [0.3, 0.4) is 0 Å². The highest BCUT2D eigenvalue weighted by molar-refractivity contribution is 7.12. The minimum Gasteiger partial charge on any atom is -0.326 e. The van der Waals surface area contributed by atoms with Crippen LogP contribution in [0.2, 0.25) is 0 Å². The molecular weight excluding hydrogens is 240 g/mol. The van der Waals surface area contributed by atoms with Gasteiger partial charge in [-0.3, -0.25) is 4.90 Å². The van der Waals surface area contributed by atoms with Gasteiger partial charge in [0.25, 0.3) is 0 Å². The van der Waals surface area contributed by atoms with E-state index in [4.69, 9.17) is 5.73 Å². The largest absolute Gasteiger partial charge is 0.326 e. The summed E-state index contributed by atoms with van der Waals surface area (Å²) in [4.78, 5) is 5.32. The molecule has 3 heteroatoms. The molecule has 0 saturated heterocycles. The maximum absolute atomic E-state index is 6.38. The number of nitrogens with zero attached hydrogens (tertiary/aromatic N) is 1. The second-order valence-corrected chi connectivity index (χ2v) is 7.03. The van der Waals surface area contributed by atoms with Gasteiger partial charge in [0.15, 0.2) is 0 Å². The fourth-order valence-electron chi connectivity index (χ4n) is 2.71. The van der Waals surface area contributed by atoms with Gasteiger partial charge in [0.2, 0.25) is 0 Å². The molecule has 0 radical (unpaired) electrons. The van der Waals surface area contributed by atoms with E-state index >= 15 is 0 Å². The fraction of sp³-hybridized carbons (Fsp3) is 0.733. The van der Waals surface area contributed by atoms with Gasteiger partial charge in [-0.15, -0.1) is 11.3 Å². The van der Waals surface area contributed by atoms with Gasteiger partial charge in [-0.2, -0.15) is 0 Å². The van der Waals surface area contributed by atoms with Gasteiger partial charge in [0.05, 0.1) is 6.04 Å². The summed E-state index contributed by atoms with van der Waals surface area (Å²) in [5, 5.41) is 0.